The van der Waals surface area contributed by atoms with Crippen LogP contribution >= 0.6 is 0 Å². The molecular weight excluding hydrogens is 452 g/mol. The van der Waals surface area contributed by atoms with Crippen molar-refractivity contribution in [2.45, 2.75) is 52.8 Å². The summed E-state index contributed by atoms with van der Waals surface area (Å²) >= 11 is 0. The Morgan fingerprint density at radius 2 is 1.59 bits per heavy atom. The molecule has 0 radical (unpaired) electrons. The van der Waals surface area contributed by atoms with Crippen LogP contribution in [-0.2, 0) is 13.5 Å². The molecule has 0 spiro atoms. The van der Waals surface area contributed by atoms with E-state index in [1.54, 1.807) is 0 Å². The molecule has 4 nitrogen and oxygen atoms in total. The van der Waals surface area contributed by atoms with Gasteiger partial charge in [-0.05, 0) is 65.2 Å². The second-order valence-electron chi connectivity index (χ2n) is 10.6. The Balaban J connectivity index is 1.63. The van der Waals surface area contributed by atoms with Crippen LogP contribution in [0.3, 0.4) is 0 Å². The highest BCUT2D eigenvalue weighted by Gasteiger charge is 2.29. The summed E-state index contributed by atoms with van der Waals surface area (Å²) in [6.07, 6.45) is 8.85. The largest absolute Gasteiger partial charge is 0.303 e. The van der Waals surface area contributed by atoms with Crippen molar-refractivity contribution in [3.05, 3.63) is 107 Å². The number of imidazole rings is 2. The van der Waals surface area contributed by atoms with E-state index in [1.807, 2.05) is 58.3 Å². The summed E-state index contributed by atoms with van der Waals surface area (Å²) in [6, 6.07) is 19.1. The van der Waals surface area contributed by atoms with Gasteiger partial charge in [-0.2, -0.15) is 4.57 Å². The zero-order valence-corrected chi connectivity index (χ0v) is 22.5. The zero-order valence-electron chi connectivity index (χ0n) is 24.5. The van der Waals surface area contributed by atoms with Gasteiger partial charge in [-0.1, -0.05) is 58.0 Å². The van der Waals surface area contributed by atoms with Crippen LogP contribution in [0.5, 0.6) is 0 Å². The monoisotopic (exact) mass is 489 g/mol. The van der Waals surface area contributed by atoms with E-state index in [0.717, 1.165) is 51.6 Å². The Morgan fingerprint density at radius 3 is 2.27 bits per heavy atom. The molecule has 1 aliphatic heterocycles. The second-order valence-corrected chi connectivity index (χ2v) is 10.6. The van der Waals surface area contributed by atoms with Crippen molar-refractivity contribution >= 4 is 0 Å². The van der Waals surface area contributed by atoms with Crippen LogP contribution in [0.4, 0.5) is 0 Å². The van der Waals surface area contributed by atoms with Crippen molar-refractivity contribution < 1.29 is 7.31 Å². The average Bonchev–Trinajstić information content (AvgIpc) is 3.57. The lowest BCUT2D eigenvalue weighted by Crippen LogP contribution is -2.29. The number of rotatable bonds is 5. The van der Waals surface area contributed by atoms with E-state index in [0.29, 0.717) is 0 Å². The maximum atomic E-state index is 9.21. The maximum Gasteiger partial charge on any atom is 0.294 e. The normalized spacial score (nSPS) is 13.8. The van der Waals surface area contributed by atoms with Crippen molar-refractivity contribution in [1.29, 1.82) is 0 Å². The fourth-order valence-electron chi connectivity index (χ4n) is 5.63. The quantitative estimate of drug-likeness (QED) is 0.234. The molecule has 0 amide bonds. The number of benzene rings is 3. The molecule has 6 rings (SSSR count). The topological polar surface area (TPSA) is 26.6 Å². The van der Waals surface area contributed by atoms with Crippen LogP contribution < -0.4 is 4.57 Å². The summed E-state index contributed by atoms with van der Waals surface area (Å²) in [5, 5.41) is 0. The third-order valence-corrected chi connectivity index (χ3v) is 7.53. The Kier molecular flexibility index (Phi) is 5.09. The lowest BCUT2D eigenvalue weighted by molar-refractivity contribution is -0.659. The summed E-state index contributed by atoms with van der Waals surface area (Å²) < 4.78 is 25.0. The molecule has 1 aliphatic rings. The van der Waals surface area contributed by atoms with Crippen LogP contribution in [0, 0.1) is 6.92 Å². The zero-order chi connectivity index (χ0) is 27.7. The van der Waals surface area contributed by atoms with Gasteiger partial charge in [-0.15, -0.1) is 0 Å². The van der Waals surface area contributed by atoms with Gasteiger partial charge in [0, 0.05) is 32.7 Å². The van der Waals surface area contributed by atoms with Crippen molar-refractivity contribution in [3.63, 3.8) is 0 Å². The molecule has 5 aromatic rings. The molecule has 0 aliphatic carbocycles. The SMILES string of the molecule is [2H]C(C)(C)c1cc(-c2ccccc2)cc(C([2H])(C)C)c1-n1cc[n+](C)c1-c1cc2c(cc1C)-n1ccnc1C2. The van der Waals surface area contributed by atoms with Gasteiger partial charge in [0.25, 0.3) is 5.82 Å². The Morgan fingerprint density at radius 1 is 0.892 bits per heavy atom. The number of fused-ring (bicyclic) bond motifs is 3. The van der Waals surface area contributed by atoms with Gasteiger partial charge in [0.1, 0.15) is 23.9 Å². The molecule has 0 saturated heterocycles. The minimum atomic E-state index is -0.886. The summed E-state index contributed by atoms with van der Waals surface area (Å²) in [6.45, 7) is 9.91. The van der Waals surface area contributed by atoms with Gasteiger partial charge in [-0.25, -0.2) is 9.55 Å². The minimum Gasteiger partial charge on any atom is -0.303 e. The highest BCUT2D eigenvalue weighted by molar-refractivity contribution is 5.72. The smallest absolute Gasteiger partial charge is 0.294 e. The van der Waals surface area contributed by atoms with Gasteiger partial charge in [0.05, 0.1) is 18.3 Å². The van der Waals surface area contributed by atoms with E-state index < -0.39 is 11.8 Å². The van der Waals surface area contributed by atoms with E-state index in [2.05, 4.69) is 81.4 Å². The Bertz CT molecular complexity index is 1680. The third-order valence-electron chi connectivity index (χ3n) is 7.53. The lowest BCUT2D eigenvalue weighted by Gasteiger charge is -2.20. The molecule has 4 heteroatoms. The number of hydrogen-bond acceptors (Lipinski definition) is 1. The van der Waals surface area contributed by atoms with Crippen molar-refractivity contribution in [2.24, 2.45) is 7.05 Å². The molecule has 186 valence electrons. The van der Waals surface area contributed by atoms with Crippen LogP contribution in [0.15, 0.2) is 79.4 Å². The minimum absolute atomic E-state index is 0.807. The van der Waals surface area contributed by atoms with Gasteiger partial charge in [-0.3, -0.25) is 0 Å². The molecule has 0 saturated carbocycles. The lowest BCUT2D eigenvalue weighted by atomic mass is 9.88. The van der Waals surface area contributed by atoms with Gasteiger partial charge < -0.3 is 4.57 Å². The number of nitrogens with zero attached hydrogens (tertiary/aromatic N) is 4. The number of aryl methyl sites for hydroxylation is 2. The fraction of sp³-hybridized carbons (Fsp3) is 0.273. The first-order chi connectivity index (χ1) is 18.4. The summed E-state index contributed by atoms with van der Waals surface area (Å²) in [5.74, 6) is 0.322. The fourth-order valence-corrected chi connectivity index (χ4v) is 5.63. The average molecular weight is 490 g/mol. The first-order valence-corrected chi connectivity index (χ1v) is 12.9. The van der Waals surface area contributed by atoms with E-state index in [4.69, 9.17) is 0 Å². The van der Waals surface area contributed by atoms with Gasteiger partial charge >= 0.3 is 0 Å². The van der Waals surface area contributed by atoms with Crippen LogP contribution in [-0.4, -0.2) is 14.1 Å². The van der Waals surface area contributed by atoms with E-state index >= 15 is 0 Å². The van der Waals surface area contributed by atoms with E-state index in [1.165, 1.54) is 16.8 Å². The van der Waals surface area contributed by atoms with Crippen molar-refractivity contribution in [3.8, 4) is 33.9 Å². The predicted octanol–water partition coefficient (Wildman–Crippen LogP) is 7.28. The summed E-state index contributed by atoms with van der Waals surface area (Å²) in [5.41, 5.74) is 9.60. The number of hydrogen-bond donors (Lipinski definition) is 0. The first kappa shape index (κ1) is 21.2. The molecule has 0 fully saturated rings. The molecule has 3 aromatic carbocycles. The molecule has 0 bridgehead atoms. The van der Waals surface area contributed by atoms with Gasteiger partial charge in [0.2, 0.25) is 0 Å². The second kappa shape index (κ2) is 8.88. The highest BCUT2D eigenvalue weighted by Crippen LogP contribution is 2.39. The summed E-state index contributed by atoms with van der Waals surface area (Å²) in [7, 11) is 2.07. The number of aromatic nitrogens is 4. The molecule has 3 heterocycles. The first-order valence-electron chi connectivity index (χ1n) is 13.9. The van der Waals surface area contributed by atoms with Crippen molar-refractivity contribution in [1.82, 2.24) is 14.1 Å². The van der Waals surface area contributed by atoms with Gasteiger partial charge in [0.15, 0.2) is 0 Å². The molecule has 0 atom stereocenters. The highest BCUT2D eigenvalue weighted by atomic mass is 15.1. The molecular formula is C33H35N4+. The maximum absolute atomic E-state index is 9.21. The van der Waals surface area contributed by atoms with E-state index in [9.17, 15) is 2.74 Å². The Labute approximate surface area is 222 Å². The summed E-state index contributed by atoms with van der Waals surface area (Å²) in [4.78, 5) is 4.54. The molecule has 2 aromatic heterocycles. The third kappa shape index (κ3) is 3.83. The Hall–Kier alpha value is -3.92. The van der Waals surface area contributed by atoms with Crippen LogP contribution in [0.1, 0.15) is 70.3 Å². The van der Waals surface area contributed by atoms with Crippen LogP contribution in [0.25, 0.3) is 33.9 Å². The standard InChI is InChI=1S/C33H35N4/c1-21(2)27-17-25(24-10-8-7-9-11-24)18-28(22(3)4)32(27)37-15-14-35(6)33(37)29-19-26-20-31-34-12-13-36(31)30(26)16-23(29)5/h7-19,21-22H,20H2,1-6H3/q+1/i21D,22D. The molecule has 0 N–H and O–H groups in total. The van der Waals surface area contributed by atoms with E-state index in [-0.39, 0.29) is 0 Å². The molecule has 0 unspecified atom stereocenters. The van der Waals surface area contributed by atoms with Crippen LogP contribution in [0.2, 0.25) is 0 Å². The van der Waals surface area contributed by atoms with Crippen molar-refractivity contribution in [2.75, 3.05) is 0 Å². The molecule has 37 heavy (non-hydrogen) atoms. The predicted molar refractivity (Wildman–Crippen MR) is 151 cm³/mol.